The molecule has 0 unspecified atom stereocenters. The average Bonchev–Trinajstić information content (AvgIpc) is 2.97. The number of fused-ring (bicyclic) bond motifs is 1. The largest absolute Gasteiger partial charge is 0.483 e. The first-order valence-corrected chi connectivity index (χ1v) is 9.77. The van der Waals surface area contributed by atoms with Gasteiger partial charge in [-0.1, -0.05) is 37.3 Å². The van der Waals surface area contributed by atoms with E-state index in [1.54, 1.807) is 0 Å². The molecule has 0 aliphatic carbocycles. The van der Waals surface area contributed by atoms with Crippen molar-refractivity contribution in [3.05, 3.63) is 46.5 Å². The Labute approximate surface area is 163 Å². The second-order valence-electron chi connectivity index (χ2n) is 7.13. The molecule has 27 heavy (non-hydrogen) atoms. The maximum Gasteiger partial charge on any atom is 0.262 e. The van der Waals surface area contributed by atoms with Gasteiger partial charge in [-0.2, -0.15) is 0 Å². The molecule has 0 saturated carbocycles. The lowest BCUT2D eigenvalue weighted by atomic mass is 10.0. The van der Waals surface area contributed by atoms with E-state index in [0.717, 1.165) is 43.9 Å². The van der Waals surface area contributed by atoms with E-state index < -0.39 is 0 Å². The highest BCUT2D eigenvalue weighted by atomic mass is 32.1. The Morgan fingerprint density at radius 3 is 2.70 bits per heavy atom. The van der Waals surface area contributed by atoms with Crippen molar-refractivity contribution in [2.24, 2.45) is 0 Å². The van der Waals surface area contributed by atoms with Crippen LogP contribution in [0.2, 0.25) is 0 Å². The number of nitrogens with one attached hydrogen (secondary N) is 1. The Morgan fingerprint density at radius 1 is 1.26 bits per heavy atom. The van der Waals surface area contributed by atoms with E-state index in [-0.39, 0.29) is 12.5 Å². The van der Waals surface area contributed by atoms with Crippen molar-refractivity contribution in [2.45, 2.75) is 40.5 Å². The average molecular weight is 384 g/mol. The molecular weight excluding hydrogens is 358 g/mol. The highest BCUT2D eigenvalue weighted by molar-refractivity contribution is 7.22. The lowest BCUT2D eigenvalue weighted by Gasteiger charge is -2.16. The summed E-state index contributed by atoms with van der Waals surface area (Å²) in [6.45, 7) is 10.1. The van der Waals surface area contributed by atoms with Crippen molar-refractivity contribution in [2.75, 3.05) is 17.7 Å². The number of hydrogen-bond acceptors (Lipinski definition) is 5. The molecule has 1 heterocycles. The molecule has 0 bridgehead atoms. The van der Waals surface area contributed by atoms with Crippen LogP contribution in [0, 0.1) is 20.8 Å². The van der Waals surface area contributed by atoms with E-state index in [1.807, 2.05) is 32.9 Å². The Bertz CT molecular complexity index is 1010. The minimum absolute atomic E-state index is 0.0368. The molecule has 0 saturated heterocycles. The summed E-state index contributed by atoms with van der Waals surface area (Å²) in [7, 11) is 0. The van der Waals surface area contributed by atoms with Crippen LogP contribution < -0.4 is 15.8 Å². The number of aryl methyl sites for hydroxylation is 3. The molecule has 0 aliphatic heterocycles. The molecule has 3 N–H and O–H groups in total. The number of aromatic nitrogens is 1. The van der Waals surface area contributed by atoms with Gasteiger partial charge in [0.1, 0.15) is 5.75 Å². The summed E-state index contributed by atoms with van der Waals surface area (Å²) in [6, 6.07) is 8.04. The predicted octanol–water partition coefficient (Wildman–Crippen LogP) is 4.94. The molecule has 3 aromatic rings. The zero-order chi connectivity index (χ0) is 19.7. The molecule has 0 aliphatic rings. The minimum atomic E-state index is -0.186. The molecule has 0 radical (unpaired) electrons. The molecule has 1 amide bonds. The lowest BCUT2D eigenvalue weighted by Crippen LogP contribution is -2.21. The molecule has 2 aromatic carbocycles. The van der Waals surface area contributed by atoms with Crippen LogP contribution in [0.1, 0.15) is 42.0 Å². The summed E-state index contributed by atoms with van der Waals surface area (Å²) >= 11 is 1.43. The van der Waals surface area contributed by atoms with Crippen LogP contribution in [0.4, 0.5) is 10.8 Å². The smallest absolute Gasteiger partial charge is 0.262 e. The standard InChI is InChI=1S/C21H25N3O2S/c1-11(2)15-7-6-12(3)8-17(15)26-10-18(25)24-19-13(4)9-16-20(14(19)5)27-21(22)23-16/h6-9,11H,10H2,1-5H3,(H2,22,23)(H,24,25). The number of benzene rings is 2. The van der Waals surface area contributed by atoms with E-state index >= 15 is 0 Å². The normalized spacial score (nSPS) is 11.2. The number of carbonyl (C=O) groups excluding carboxylic acids is 1. The molecule has 142 valence electrons. The van der Waals surface area contributed by atoms with Gasteiger partial charge < -0.3 is 15.8 Å². The van der Waals surface area contributed by atoms with Crippen molar-refractivity contribution in [1.82, 2.24) is 4.98 Å². The van der Waals surface area contributed by atoms with E-state index in [4.69, 9.17) is 10.5 Å². The van der Waals surface area contributed by atoms with Crippen molar-refractivity contribution in [1.29, 1.82) is 0 Å². The number of amides is 1. The molecule has 0 atom stereocenters. The highest BCUT2D eigenvalue weighted by Gasteiger charge is 2.15. The van der Waals surface area contributed by atoms with Gasteiger partial charge in [0, 0.05) is 5.69 Å². The number of rotatable bonds is 5. The Hall–Kier alpha value is -2.60. The van der Waals surface area contributed by atoms with Crippen molar-refractivity contribution < 1.29 is 9.53 Å². The number of thiazole rings is 1. The Kier molecular flexibility index (Phi) is 5.37. The molecule has 3 rings (SSSR count). The van der Waals surface area contributed by atoms with Gasteiger partial charge in [-0.15, -0.1) is 0 Å². The van der Waals surface area contributed by atoms with Gasteiger partial charge >= 0.3 is 0 Å². The third-order valence-electron chi connectivity index (χ3n) is 4.55. The second kappa shape index (κ2) is 7.56. The molecule has 0 spiro atoms. The molecule has 0 fully saturated rings. The molecule has 1 aromatic heterocycles. The fourth-order valence-electron chi connectivity index (χ4n) is 3.16. The van der Waals surface area contributed by atoms with E-state index in [0.29, 0.717) is 11.0 Å². The molecule has 5 nitrogen and oxygen atoms in total. The van der Waals surface area contributed by atoms with E-state index in [9.17, 15) is 4.79 Å². The minimum Gasteiger partial charge on any atom is -0.483 e. The maximum absolute atomic E-state index is 12.5. The number of anilines is 2. The number of carbonyl (C=O) groups is 1. The summed E-state index contributed by atoms with van der Waals surface area (Å²) in [4.78, 5) is 16.8. The van der Waals surface area contributed by atoms with Crippen LogP contribution >= 0.6 is 11.3 Å². The van der Waals surface area contributed by atoms with Gasteiger partial charge in [-0.3, -0.25) is 4.79 Å². The lowest BCUT2D eigenvalue weighted by molar-refractivity contribution is -0.118. The topological polar surface area (TPSA) is 77.2 Å². The zero-order valence-electron chi connectivity index (χ0n) is 16.3. The van der Waals surface area contributed by atoms with Crippen LogP contribution in [0.5, 0.6) is 5.75 Å². The fraction of sp³-hybridized carbons (Fsp3) is 0.333. The molecular formula is C21H25N3O2S. The first-order chi connectivity index (χ1) is 12.8. The highest BCUT2D eigenvalue weighted by Crippen LogP contribution is 2.34. The van der Waals surface area contributed by atoms with Gasteiger partial charge in [-0.05, 0) is 61.1 Å². The summed E-state index contributed by atoms with van der Waals surface area (Å²) < 4.78 is 6.84. The van der Waals surface area contributed by atoms with Gasteiger partial charge in [0.25, 0.3) is 5.91 Å². The van der Waals surface area contributed by atoms with Gasteiger partial charge in [0.15, 0.2) is 11.7 Å². The van der Waals surface area contributed by atoms with Crippen molar-refractivity contribution >= 4 is 38.3 Å². The summed E-state index contributed by atoms with van der Waals surface area (Å²) in [5.41, 5.74) is 11.6. The predicted molar refractivity (Wildman–Crippen MR) is 113 cm³/mol. The van der Waals surface area contributed by atoms with Crippen LogP contribution in [-0.4, -0.2) is 17.5 Å². The first-order valence-electron chi connectivity index (χ1n) is 8.95. The summed E-state index contributed by atoms with van der Waals surface area (Å²) in [6.07, 6.45) is 0. The van der Waals surface area contributed by atoms with Gasteiger partial charge in [0.05, 0.1) is 10.2 Å². The van der Waals surface area contributed by atoms with Crippen LogP contribution in [-0.2, 0) is 4.79 Å². The number of hydrogen-bond donors (Lipinski definition) is 2. The Balaban J connectivity index is 1.77. The number of nitrogens with two attached hydrogens (primary N) is 1. The van der Waals surface area contributed by atoms with Crippen LogP contribution in [0.3, 0.4) is 0 Å². The van der Waals surface area contributed by atoms with E-state index in [2.05, 4.69) is 36.3 Å². The van der Waals surface area contributed by atoms with Crippen molar-refractivity contribution in [3.63, 3.8) is 0 Å². The fourth-order valence-corrected chi connectivity index (χ4v) is 3.97. The first kappa shape index (κ1) is 19.2. The maximum atomic E-state index is 12.5. The summed E-state index contributed by atoms with van der Waals surface area (Å²) in [5, 5.41) is 3.52. The van der Waals surface area contributed by atoms with Gasteiger partial charge in [-0.25, -0.2) is 4.98 Å². The Morgan fingerprint density at radius 2 is 2.00 bits per heavy atom. The van der Waals surface area contributed by atoms with Crippen molar-refractivity contribution in [3.8, 4) is 5.75 Å². The number of nitrogens with zero attached hydrogens (tertiary/aromatic N) is 1. The SMILES string of the molecule is Cc1ccc(C(C)C)c(OCC(=O)Nc2c(C)cc3nc(N)sc3c2C)c1. The zero-order valence-corrected chi connectivity index (χ0v) is 17.2. The molecule has 6 heteroatoms. The van der Waals surface area contributed by atoms with E-state index in [1.165, 1.54) is 11.3 Å². The number of ether oxygens (including phenoxy) is 1. The van der Waals surface area contributed by atoms with Crippen LogP contribution in [0.25, 0.3) is 10.2 Å². The monoisotopic (exact) mass is 383 g/mol. The number of nitrogen functional groups attached to an aromatic ring is 1. The quantitative estimate of drug-likeness (QED) is 0.654. The van der Waals surface area contributed by atoms with Crippen LogP contribution in [0.15, 0.2) is 24.3 Å². The second-order valence-corrected chi connectivity index (χ2v) is 8.16. The van der Waals surface area contributed by atoms with Gasteiger partial charge in [0.2, 0.25) is 0 Å². The summed E-state index contributed by atoms with van der Waals surface area (Å²) in [5.74, 6) is 0.904. The third-order valence-corrected chi connectivity index (χ3v) is 5.57. The third kappa shape index (κ3) is 4.06.